The molecule has 0 amide bonds. The van der Waals surface area contributed by atoms with Crippen molar-refractivity contribution in [1.82, 2.24) is 19.9 Å². The molecule has 6 nitrogen and oxygen atoms in total. The molecule has 0 unspecified atom stereocenters. The van der Waals surface area contributed by atoms with Gasteiger partial charge in [-0.25, -0.2) is 19.3 Å². The van der Waals surface area contributed by atoms with Crippen molar-refractivity contribution in [2.45, 2.75) is 26.8 Å². The van der Waals surface area contributed by atoms with Gasteiger partial charge in [0.05, 0.1) is 28.6 Å². The van der Waals surface area contributed by atoms with Crippen molar-refractivity contribution in [3.8, 4) is 5.88 Å². The molecule has 148 valence electrons. The zero-order valence-electron chi connectivity index (χ0n) is 16.6. The highest BCUT2D eigenvalue weighted by atomic mass is 32.1. The second-order valence-corrected chi connectivity index (χ2v) is 8.35. The zero-order valence-corrected chi connectivity index (χ0v) is 17.4. The molecule has 0 aliphatic carbocycles. The molecule has 1 aliphatic rings. The molecule has 0 aromatic carbocycles. The maximum absolute atomic E-state index is 14.7. The molecular formula is C20H24FN5OS. The number of pyridine rings is 2. The Bertz CT molecular complexity index is 1000. The molecule has 0 radical (unpaired) electrons. The lowest BCUT2D eigenvalue weighted by molar-refractivity contribution is 0.191. The van der Waals surface area contributed by atoms with E-state index in [0.29, 0.717) is 17.2 Å². The molecule has 1 aliphatic heterocycles. The first kappa shape index (κ1) is 19.0. The summed E-state index contributed by atoms with van der Waals surface area (Å²) in [5.74, 6) is 0.379. The minimum Gasteiger partial charge on any atom is -0.481 e. The maximum Gasteiger partial charge on any atom is 0.215 e. The number of ether oxygens (including phenoxy) is 1. The third-order valence-electron chi connectivity index (χ3n) is 5.22. The van der Waals surface area contributed by atoms with Crippen LogP contribution in [0.4, 0.5) is 10.1 Å². The van der Waals surface area contributed by atoms with Crippen LogP contribution < -0.4 is 9.64 Å². The van der Waals surface area contributed by atoms with Crippen molar-refractivity contribution >= 4 is 27.4 Å². The first-order valence-corrected chi connectivity index (χ1v) is 10.2. The minimum atomic E-state index is -0.249. The van der Waals surface area contributed by atoms with Gasteiger partial charge in [0.25, 0.3) is 0 Å². The SMILES string of the molecule is COc1cc(N2CCN([C@@H](C)c3nc4nc(C)sc4cc3F)CC2)cc(C)n1. The fourth-order valence-corrected chi connectivity index (χ4v) is 4.50. The second kappa shape index (κ2) is 7.60. The van der Waals surface area contributed by atoms with Gasteiger partial charge >= 0.3 is 0 Å². The molecule has 3 aromatic rings. The number of anilines is 1. The molecule has 3 aromatic heterocycles. The highest BCUT2D eigenvalue weighted by molar-refractivity contribution is 7.18. The second-order valence-electron chi connectivity index (χ2n) is 7.12. The van der Waals surface area contributed by atoms with E-state index in [9.17, 15) is 4.39 Å². The highest BCUT2D eigenvalue weighted by Crippen LogP contribution is 2.29. The maximum atomic E-state index is 14.7. The van der Waals surface area contributed by atoms with Gasteiger partial charge in [0.15, 0.2) is 5.65 Å². The highest BCUT2D eigenvalue weighted by Gasteiger charge is 2.26. The number of rotatable bonds is 4. The standard InChI is InChI=1S/C20H24FN5OS/c1-12-9-15(10-18(22-12)27-4)26-7-5-25(6-8-26)13(2)19-16(21)11-17-20(24-19)23-14(3)28-17/h9-11,13H,5-8H2,1-4H3/t13-/m0/s1. The molecule has 1 saturated heterocycles. The molecule has 0 saturated carbocycles. The average molecular weight is 402 g/mol. The number of halogens is 1. The summed E-state index contributed by atoms with van der Waals surface area (Å²) in [5.41, 5.74) is 3.17. The Labute approximate surface area is 168 Å². The topological polar surface area (TPSA) is 54.4 Å². The van der Waals surface area contributed by atoms with E-state index in [4.69, 9.17) is 4.74 Å². The van der Waals surface area contributed by atoms with E-state index in [2.05, 4.69) is 30.8 Å². The number of aromatic nitrogens is 3. The van der Waals surface area contributed by atoms with Crippen LogP contribution in [0.1, 0.15) is 29.4 Å². The predicted molar refractivity (Wildman–Crippen MR) is 110 cm³/mol. The number of piperazine rings is 1. The summed E-state index contributed by atoms with van der Waals surface area (Å²) < 4.78 is 20.8. The Morgan fingerprint density at radius 1 is 1.07 bits per heavy atom. The summed E-state index contributed by atoms with van der Waals surface area (Å²) in [5, 5.41) is 0.906. The fourth-order valence-electron chi connectivity index (χ4n) is 3.70. The Balaban J connectivity index is 1.49. The van der Waals surface area contributed by atoms with E-state index in [1.165, 1.54) is 11.3 Å². The predicted octanol–water partition coefficient (Wildman–Crippen LogP) is 3.73. The molecule has 28 heavy (non-hydrogen) atoms. The Morgan fingerprint density at radius 2 is 1.82 bits per heavy atom. The van der Waals surface area contributed by atoms with Gasteiger partial charge in [0, 0.05) is 43.6 Å². The summed E-state index contributed by atoms with van der Waals surface area (Å²) in [4.78, 5) is 17.9. The average Bonchev–Trinajstić information content (AvgIpc) is 3.05. The van der Waals surface area contributed by atoms with Crippen molar-refractivity contribution in [3.63, 3.8) is 0 Å². The van der Waals surface area contributed by atoms with Crippen molar-refractivity contribution in [1.29, 1.82) is 0 Å². The van der Waals surface area contributed by atoms with E-state index in [1.54, 1.807) is 13.2 Å². The summed E-state index contributed by atoms with van der Waals surface area (Å²) in [6, 6.07) is 5.51. The van der Waals surface area contributed by atoms with Gasteiger partial charge in [-0.2, -0.15) is 0 Å². The zero-order chi connectivity index (χ0) is 19.8. The van der Waals surface area contributed by atoms with Crippen LogP contribution >= 0.6 is 11.3 Å². The molecule has 0 N–H and O–H groups in total. The third kappa shape index (κ3) is 3.66. The third-order valence-corrected chi connectivity index (χ3v) is 6.12. The van der Waals surface area contributed by atoms with Crippen LogP contribution in [0.5, 0.6) is 5.88 Å². The summed E-state index contributed by atoms with van der Waals surface area (Å²) in [6.07, 6.45) is 0. The van der Waals surface area contributed by atoms with Gasteiger partial charge in [0.2, 0.25) is 5.88 Å². The number of nitrogens with zero attached hydrogens (tertiary/aromatic N) is 5. The van der Waals surface area contributed by atoms with Gasteiger partial charge < -0.3 is 9.64 Å². The number of aryl methyl sites for hydroxylation is 2. The van der Waals surface area contributed by atoms with Crippen LogP contribution in [0, 0.1) is 19.7 Å². The molecule has 4 heterocycles. The van der Waals surface area contributed by atoms with Crippen LogP contribution in [0.3, 0.4) is 0 Å². The van der Waals surface area contributed by atoms with E-state index in [0.717, 1.165) is 47.3 Å². The largest absolute Gasteiger partial charge is 0.481 e. The summed E-state index contributed by atoms with van der Waals surface area (Å²) in [7, 11) is 1.63. The van der Waals surface area contributed by atoms with E-state index >= 15 is 0 Å². The fraction of sp³-hybridized carbons (Fsp3) is 0.450. The van der Waals surface area contributed by atoms with Crippen molar-refractivity contribution < 1.29 is 9.13 Å². The van der Waals surface area contributed by atoms with Crippen LogP contribution in [0.2, 0.25) is 0 Å². The van der Waals surface area contributed by atoms with Crippen molar-refractivity contribution in [3.05, 3.63) is 40.4 Å². The van der Waals surface area contributed by atoms with Crippen molar-refractivity contribution in [2.75, 3.05) is 38.2 Å². The quantitative estimate of drug-likeness (QED) is 0.664. The number of hydrogen-bond donors (Lipinski definition) is 0. The van der Waals surface area contributed by atoms with Gasteiger partial charge in [0.1, 0.15) is 5.82 Å². The summed E-state index contributed by atoms with van der Waals surface area (Å²) in [6.45, 7) is 9.29. The first-order valence-electron chi connectivity index (χ1n) is 9.40. The monoisotopic (exact) mass is 401 g/mol. The molecule has 4 rings (SSSR count). The van der Waals surface area contributed by atoms with E-state index in [-0.39, 0.29) is 11.9 Å². The number of thiazole rings is 1. The lowest BCUT2D eigenvalue weighted by Gasteiger charge is -2.39. The van der Waals surface area contributed by atoms with Crippen LogP contribution in [-0.4, -0.2) is 53.1 Å². The minimum absolute atomic E-state index is 0.0951. The lowest BCUT2D eigenvalue weighted by Crippen LogP contribution is -2.47. The van der Waals surface area contributed by atoms with Gasteiger partial charge in [-0.1, -0.05) is 0 Å². The molecule has 8 heteroatoms. The molecular weight excluding hydrogens is 377 g/mol. The van der Waals surface area contributed by atoms with Crippen LogP contribution in [0.15, 0.2) is 18.2 Å². The number of methoxy groups -OCH3 is 1. The van der Waals surface area contributed by atoms with Crippen LogP contribution in [0.25, 0.3) is 10.3 Å². The number of fused-ring (bicyclic) bond motifs is 1. The summed E-state index contributed by atoms with van der Waals surface area (Å²) >= 11 is 1.48. The van der Waals surface area contributed by atoms with Crippen molar-refractivity contribution in [2.24, 2.45) is 0 Å². The van der Waals surface area contributed by atoms with Gasteiger partial charge in [-0.05, 0) is 32.9 Å². The Kier molecular flexibility index (Phi) is 5.16. The molecule has 0 spiro atoms. The Hall–Kier alpha value is -2.32. The molecule has 1 fully saturated rings. The van der Waals surface area contributed by atoms with E-state index < -0.39 is 0 Å². The van der Waals surface area contributed by atoms with E-state index in [1.807, 2.05) is 26.8 Å². The first-order chi connectivity index (χ1) is 13.4. The van der Waals surface area contributed by atoms with Gasteiger partial charge in [-0.15, -0.1) is 11.3 Å². The molecule has 0 bridgehead atoms. The Morgan fingerprint density at radius 3 is 2.54 bits per heavy atom. The van der Waals surface area contributed by atoms with Crippen LogP contribution in [-0.2, 0) is 0 Å². The smallest absolute Gasteiger partial charge is 0.215 e. The molecule has 1 atom stereocenters. The normalized spacial score (nSPS) is 16.5. The van der Waals surface area contributed by atoms with Gasteiger partial charge in [-0.3, -0.25) is 4.90 Å². The number of hydrogen-bond acceptors (Lipinski definition) is 7. The lowest BCUT2D eigenvalue weighted by atomic mass is 10.1.